The number of carbonyl (C=O) groups is 3. The Morgan fingerprint density at radius 1 is 1.15 bits per heavy atom. The molecule has 12 heteroatoms. The highest BCUT2D eigenvalue weighted by molar-refractivity contribution is 7.13. The van der Waals surface area contributed by atoms with E-state index in [0.717, 1.165) is 56.1 Å². The van der Waals surface area contributed by atoms with Crippen LogP contribution in [0.3, 0.4) is 0 Å². The Bertz CT molecular complexity index is 1410. The number of fused-ring (bicyclic) bond motifs is 2. The molecular formula is C28H31ClN4O6S. The van der Waals surface area contributed by atoms with Gasteiger partial charge in [0.05, 0.1) is 30.5 Å². The van der Waals surface area contributed by atoms with Crippen molar-refractivity contribution in [3.8, 4) is 0 Å². The van der Waals surface area contributed by atoms with E-state index in [2.05, 4.69) is 26.3 Å². The fourth-order valence-corrected chi connectivity index (χ4v) is 6.08. The molecule has 0 bridgehead atoms. The molecule has 1 unspecified atom stereocenters. The lowest BCUT2D eigenvalue weighted by molar-refractivity contribution is -0.153. The van der Waals surface area contributed by atoms with Crippen molar-refractivity contribution in [1.29, 1.82) is 0 Å². The first kappa shape index (κ1) is 28.1. The summed E-state index contributed by atoms with van der Waals surface area (Å²) in [7, 11) is 1.16. The van der Waals surface area contributed by atoms with E-state index in [1.165, 1.54) is 21.6 Å². The highest BCUT2D eigenvalue weighted by atomic mass is 35.5. The molecule has 212 valence electrons. The summed E-state index contributed by atoms with van der Waals surface area (Å²) >= 11 is 8.19. The second-order valence-electron chi connectivity index (χ2n) is 9.69. The van der Waals surface area contributed by atoms with Crippen LogP contribution in [-0.4, -0.2) is 80.0 Å². The first-order valence-corrected chi connectivity index (χ1v) is 14.4. The Kier molecular flexibility index (Phi) is 8.72. The second-order valence-corrected chi connectivity index (χ2v) is 10.9. The highest BCUT2D eigenvalue weighted by Crippen LogP contribution is 2.36. The largest absolute Gasteiger partial charge is 0.510 e. The first-order valence-electron chi connectivity index (χ1n) is 13.3. The molecule has 1 amide bonds. The Morgan fingerprint density at radius 3 is 2.67 bits per heavy atom. The first-order chi connectivity index (χ1) is 19.4. The number of rotatable bonds is 9. The third-order valence-corrected chi connectivity index (χ3v) is 8.28. The fraction of sp³-hybridized carbons (Fsp3) is 0.429. The van der Waals surface area contributed by atoms with Gasteiger partial charge in [-0.15, -0.1) is 0 Å². The summed E-state index contributed by atoms with van der Waals surface area (Å²) in [4.78, 5) is 43.4. The van der Waals surface area contributed by atoms with Gasteiger partial charge in [-0.2, -0.15) is 4.37 Å². The summed E-state index contributed by atoms with van der Waals surface area (Å²) in [5.41, 5.74) is 2.05. The number of nitrogens with zero attached hydrogens (tertiary/aromatic N) is 4. The van der Waals surface area contributed by atoms with Gasteiger partial charge in [-0.1, -0.05) is 36.7 Å². The minimum atomic E-state index is -1.60. The van der Waals surface area contributed by atoms with E-state index in [4.69, 9.17) is 25.8 Å². The van der Waals surface area contributed by atoms with Crippen LogP contribution in [0.5, 0.6) is 0 Å². The number of halogens is 1. The zero-order valence-corrected chi connectivity index (χ0v) is 24.0. The van der Waals surface area contributed by atoms with Crippen molar-refractivity contribution in [2.24, 2.45) is 0 Å². The van der Waals surface area contributed by atoms with Gasteiger partial charge in [0.1, 0.15) is 5.82 Å². The number of ether oxygens (including phenoxy) is 3. The van der Waals surface area contributed by atoms with Crippen LogP contribution in [0.15, 0.2) is 36.4 Å². The molecule has 1 aromatic heterocycles. The van der Waals surface area contributed by atoms with Gasteiger partial charge in [-0.25, -0.2) is 9.59 Å². The van der Waals surface area contributed by atoms with Gasteiger partial charge in [-0.05, 0) is 53.7 Å². The molecular weight excluding hydrogens is 556 g/mol. The Balaban J connectivity index is 1.23. The molecule has 0 aliphatic carbocycles. The van der Waals surface area contributed by atoms with Gasteiger partial charge in [0.15, 0.2) is 0 Å². The van der Waals surface area contributed by atoms with Crippen LogP contribution in [0.4, 0.5) is 16.3 Å². The van der Waals surface area contributed by atoms with Crippen molar-refractivity contribution in [2.75, 3.05) is 56.2 Å². The summed E-state index contributed by atoms with van der Waals surface area (Å²) in [6.07, 6.45) is -1.30. The maximum absolute atomic E-state index is 13.0. The standard InChI is InChI=1S/C28H31ClN4O6S/c1-3-14-38-28(36)39-26(27(35)37-2)33-22-17-21(29)18(15-19(22)16-24(33)34)8-9-31-10-12-32(13-11-31)25-20-6-4-5-7-23(20)40-30-25/h4-7,15,17,26H,3,8-14,16H2,1-2H3. The third kappa shape index (κ3) is 5.86. The van der Waals surface area contributed by atoms with Crippen LogP contribution in [0.2, 0.25) is 5.02 Å². The van der Waals surface area contributed by atoms with Gasteiger partial charge in [0.25, 0.3) is 6.23 Å². The van der Waals surface area contributed by atoms with Gasteiger partial charge < -0.3 is 19.1 Å². The lowest BCUT2D eigenvalue weighted by Gasteiger charge is -2.35. The van der Waals surface area contributed by atoms with E-state index in [0.29, 0.717) is 29.1 Å². The molecule has 1 atom stereocenters. The van der Waals surface area contributed by atoms with Crippen LogP contribution in [0.25, 0.3) is 10.1 Å². The maximum atomic E-state index is 13.0. The van der Waals surface area contributed by atoms with Crippen LogP contribution in [0.1, 0.15) is 24.5 Å². The molecule has 2 aliphatic heterocycles. The normalized spacial score (nSPS) is 16.2. The number of piperazine rings is 1. The Hall–Kier alpha value is -3.41. The highest BCUT2D eigenvalue weighted by Gasteiger charge is 2.41. The number of benzene rings is 2. The molecule has 0 N–H and O–H groups in total. The average molecular weight is 587 g/mol. The van der Waals surface area contributed by atoms with Gasteiger partial charge in [0.2, 0.25) is 5.91 Å². The van der Waals surface area contributed by atoms with E-state index < -0.39 is 24.3 Å². The van der Waals surface area contributed by atoms with E-state index >= 15 is 0 Å². The summed E-state index contributed by atoms with van der Waals surface area (Å²) in [5, 5.41) is 1.68. The van der Waals surface area contributed by atoms with Crippen LogP contribution in [0, 0.1) is 0 Å². The van der Waals surface area contributed by atoms with Crippen molar-refractivity contribution >= 4 is 62.8 Å². The summed E-state index contributed by atoms with van der Waals surface area (Å²) in [6.45, 7) is 6.38. The van der Waals surface area contributed by atoms with Crippen molar-refractivity contribution in [3.63, 3.8) is 0 Å². The predicted octanol–water partition coefficient (Wildman–Crippen LogP) is 4.27. The molecule has 2 aliphatic rings. The summed E-state index contributed by atoms with van der Waals surface area (Å²) in [5.74, 6) is -0.226. The van der Waals surface area contributed by atoms with Crippen LogP contribution in [-0.2, 0) is 36.6 Å². The van der Waals surface area contributed by atoms with E-state index in [1.807, 2.05) is 25.1 Å². The van der Waals surface area contributed by atoms with Crippen LogP contribution >= 0.6 is 23.1 Å². The predicted molar refractivity (Wildman–Crippen MR) is 153 cm³/mol. The van der Waals surface area contributed by atoms with Crippen molar-refractivity contribution < 1.29 is 28.6 Å². The molecule has 1 saturated heterocycles. The minimum absolute atomic E-state index is 0.0562. The number of amides is 1. The van der Waals surface area contributed by atoms with Crippen molar-refractivity contribution in [2.45, 2.75) is 32.4 Å². The number of hydrogen-bond acceptors (Lipinski definition) is 10. The molecule has 40 heavy (non-hydrogen) atoms. The van der Waals surface area contributed by atoms with E-state index in [9.17, 15) is 14.4 Å². The summed E-state index contributed by atoms with van der Waals surface area (Å²) in [6, 6.07) is 11.9. The van der Waals surface area contributed by atoms with Crippen molar-refractivity contribution in [3.05, 3.63) is 52.5 Å². The molecule has 0 saturated carbocycles. The molecule has 1 fully saturated rings. The number of methoxy groups -OCH3 is 1. The lowest BCUT2D eigenvalue weighted by atomic mass is 10.1. The summed E-state index contributed by atoms with van der Waals surface area (Å²) < 4.78 is 20.8. The Morgan fingerprint density at radius 2 is 1.93 bits per heavy atom. The molecule has 2 aromatic carbocycles. The molecule has 5 rings (SSSR count). The van der Waals surface area contributed by atoms with Gasteiger partial charge in [0, 0.05) is 43.1 Å². The average Bonchev–Trinajstić information content (AvgIpc) is 3.53. The zero-order valence-electron chi connectivity index (χ0n) is 22.4. The van der Waals surface area contributed by atoms with Crippen molar-refractivity contribution in [1.82, 2.24) is 9.27 Å². The molecule has 0 radical (unpaired) electrons. The zero-order chi connectivity index (χ0) is 28.2. The fourth-order valence-electron chi connectivity index (χ4n) is 5.04. The number of esters is 1. The van der Waals surface area contributed by atoms with Crippen LogP contribution < -0.4 is 9.80 Å². The molecule has 0 spiro atoms. The lowest BCUT2D eigenvalue weighted by Crippen LogP contribution is -2.47. The monoisotopic (exact) mass is 586 g/mol. The van der Waals surface area contributed by atoms with E-state index in [1.54, 1.807) is 6.07 Å². The number of aromatic nitrogens is 1. The smallest absolute Gasteiger partial charge is 0.465 e. The molecule has 10 nitrogen and oxygen atoms in total. The van der Waals surface area contributed by atoms with E-state index in [-0.39, 0.29) is 13.0 Å². The quantitative estimate of drug-likeness (QED) is 0.340. The topological polar surface area (TPSA) is 102 Å². The number of carbonyl (C=O) groups excluding carboxylic acids is 3. The third-order valence-electron chi connectivity index (χ3n) is 7.11. The Labute approximate surface area is 241 Å². The maximum Gasteiger partial charge on any atom is 0.510 e. The molecule has 3 heterocycles. The molecule has 3 aromatic rings. The minimum Gasteiger partial charge on any atom is -0.465 e. The number of anilines is 2. The van der Waals surface area contributed by atoms with Gasteiger partial charge >= 0.3 is 12.1 Å². The number of hydrogen-bond donors (Lipinski definition) is 0. The van der Waals surface area contributed by atoms with Gasteiger partial charge in [-0.3, -0.25) is 14.6 Å². The SMILES string of the molecule is CCCOC(=O)OC(C(=O)OC)N1C(=O)Cc2cc(CCN3CCN(c4nsc5ccccc45)CC3)c(Cl)cc21. The second kappa shape index (κ2) is 12.4.